The molecule has 1 aliphatic heterocycles. The Bertz CT molecular complexity index is 470. The van der Waals surface area contributed by atoms with Crippen molar-refractivity contribution in [3.05, 3.63) is 29.3 Å². The molecular formula is C12H14F2N2O2. The molecule has 6 heteroatoms. The summed E-state index contributed by atoms with van der Waals surface area (Å²) in [5.74, 6) is -2.37. The van der Waals surface area contributed by atoms with Gasteiger partial charge in [0.05, 0.1) is 13.2 Å². The third kappa shape index (κ3) is 1.92. The smallest absolute Gasteiger partial charge is 0.239 e. The molecule has 1 fully saturated rings. The number of ether oxygens (including phenoxy) is 1. The van der Waals surface area contributed by atoms with Crippen molar-refractivity contribution < 1.29 is 18.3 Å². The first-order valence-electron chi connectivity index (χ1n) is 5.49. The van der Waals surface area contributed by atoms with Crippen LogP contribution in [0.4, 0.5) is 8.78 Å². The molecule has 1 amide bonds. The molecule has 1 heterocycles. The lowest BCUT2D eigenvalue weighted by atomic mass is 9.93. The van der Waals surface area contributed by atoms with Gasteiger partial charge in [-0.2, -0.15) is 0 Å². The van der Waals surface area contributed by atoms with Gasteiger partial charge in [-0.15, -0.1) is 0 Å². The number of hydrogen-bond donors (Lipinski definition) is 1. The average molecular weight is 256 g/mol. The van der Waals surface area contributed by atoms with E-state index in [0.717, 1.165) is 12.1 Å². The van der Waals surface area contributed by atoms with Gasteiger partial charge in [-0.3, -0.25) is 4.79 Å². The van der Waals surface area contributed by atoms with Crippen LogP contribution in [-0.4, -0.2) is 37.6 Å². The first kappa shape index (κ1) is 12.8. The number of rotatable bonds is 2. The molecule has 18 heavy (non-hydrogen) atoms. The minimum Gasteiger partial charge on any atom is -0.497 e. The molecule has 0 aromatic heterocycles. The Balaban J connectivity index is 2.43. The van der Waals surface area contributed by atoms with Crippen LogP contribution in [0.2, 0.25) is 0 Å². The normalized spacial score (nSPS) is 23.6. The molecule has 0 saturated carbocycles. The Kier molecular flexibility index (Phi) is 3.21. The Hall–Kier alpha value is -1.69. The van der Waals surface area contributed by atoms with Gasteiger partial charge in [-0.1, -0.05) is 0 Å². The lowest BCUT2D eigenvalue weighted by molar-refractivity contribution is -0.127. The maximum absolute atomic E-state index is 13.9. The quantitative estimate of drug-likeness (QED) is 0.853. The van der Waals surface area contributed by atoms with E-state index in [1.165, 1.54) is 12.0 Å². The lowest BCUT2D eigenvalue weighted by Crippen LogP contribution is -2.34. The number of halogens is 2. The molecule has 2 rings (SSSR count). The van der Waals surface area contributed by atoms with Crippen molar-refractivity contribution in [2.45, 2.75) is 12.0 Å². The summed E-state index contributed by atoms with van der Waals surface area (Å²) in [6, 6.07) is 1.27. The number of carbonyl (C=O) groups is 1. The van der Waals surface area contributed by atoms with E-state index in [2.05, 4.69) is 0 Å². The number of likely N-dealkylation sites (tertiary alicyclic amines) is 1. The maximum Gasteiger partial charge on any atom is 0.239 e. The van der Waals surface area contributed by atoms with Gasteiger partial charge in [0.25, 0.3) is 0 Å². The van der Waals surface area contributed by atoms with E-state index in [0.29, 0.717) is 0 Å². The zero-order valence-corrected chi connectivity index (χ0v) is 10.1. The Morgan fingerprint density at radius 3 is 2.33 bits per heavy atom. The van der Waals surface area contributed by atoms with E-state index in [-0.39, 0.29) is 23.8 Å². The molecule has 0 unspecified atom stereocenters. The first-order chi connectivity index (χ1) is 8.45. The van der Waals surface area contributed by atoms with Crippen molar-refractivity contribution in [2.24, 2.45) is 5.73 Å². The van der Waals surface area contributed by atoms with E-state index in [4.69, 9.17) is 10.5 Å². The second-order valence-corrected chi connectivity index (χ2v) is 4.36. The summed E-state index contributed by atoms with van der Waals surface area (Å²) in [7, 11) is 2.88. The lowest BCUT2D eigenvalue weighted by Gasteiger charge is -2.15. The molecule has 0 bridgehead atoms. The Morgan fingerprint density at radius 2 is 1.94 bits per heavy atom. The predicted molar refractivity (Wildman–Crippen MR) is 61.3 cm³/mol. The van der Waals surface area contributed by atoms with Gasteiger partial charge in [-0.05, 0) is 0 Å². The molecule has 1 aromatic carbocycles. The number of carbonyl (C=O) groups excluding carboxylic acids is 1. The zero-order valence-electron chi connectivity index (χ0n) is 10.1. The summed E-state index contributed by atoms with van der Waals surface area (Å²) in [5, 5.41) is 0. The molecule has 2 atom stereocenters. The van der Waals surface area contributed by atoms with Crippen LogP contribution < -0.4 is 10.5 Å². The van der Waals surface area contributed by atoms with Crippen molar-refractivity contribution in [1.29, 1.82) is 0 Å². The van der Waals surface area contributed by atoms with E-state index >= 15 is 0 Å². The first-order valence-corrected chi connectivity index (χ1v) is 5.49. The highest BCUT2D eigenvalue weighted by Crippen LogP contribution is 2.32. The Morgan fingerprint density at radius 1 is 1.39 bits per heavy atom. The van der Waals surface area contributed by atoms with Crippen molar-refractivity contribution in [1.82, 2.24) is 4.90 Å². The number of benzene rings is 1. The summed E-state index contributed by atoms with van der Waals surface area (Å²) in [5.41, 5.74) is 5.55. The van der Waals surface area contributed by atoms with Crippen LogP contribution in [0.15, 0.2) is 12.1 Å². The molecule has 0 radical (unpaired) electrons. The number of methoxy groups -OCH3 is 1. The fraction of sp³-hybridized carbons (Fsp3) is 0.417. The molecule has 4 nitrogen and oxygen atoms in total. The van der Waals surface area contributed by atoms with Gasteiger partial charge < -0.3 is 15.4 Å². The van der Waals surface area contributed by atoms with E-state index < -0.39 is 23.6 Å². The molecule has 1 aliphatic rings. The molecule has 0 aliphatic carbocycles. The fourth-order valence-corrected chi connectivity index (χ4v) is 2.23. The Labute approximate surface area is 103 Å². The fourth-order valence-electron chi connectivity index (χ4n) is 2.23. The highest BCUT2D eigenvalue weighted by Gasteiger charge is 2.39. The molecule has 1 aromatic rings. The van der Waals surface area contributed by atoms with Gasteiger partial charge in [0, 0.05) is 37.2 Å². The summed E-state index contributed by atoms with van der Waals surface area (Å²) in [6.07, 6.45) is 0. The van der Waals surface area contributed by atoms with Gasteiger partial charge in [0.15, 0.2) is 0 Å². The maximum atomic E-state index is 13.9. The third-order valence-electron chi connectivity index (χ3n) is 3.22. The van der Waals surface area contributed by atoms with E-state index in [1.54, 1.807) is 7.05 Å². The van der Waals surface area contributed by atoms with Gasteiger partial charge in [-0.25, -0.2) is 8.78 Å². The van der Waals surface area contributed by atoms with Gasteiger partial charge >= 0.3 is 0 Å². The van der Waals surface area contributed by atoms with E-state index in [9.17, 15) is 13.6 Å². The number of nitrogens with two attached hydrogens (primary N) is 1. The van der Waals surface area contributed by atoms with Crippen LogP contribution >= 0.6 is 0 Å². The summed E-state index contributed by atoms with van der Waals surface area (Å²) in [6.45, 7) is 0.209. The monoisotopic (exact) mass is 256 g/mol. The minimum absolute atomic E-state index is 0.0972. The number of likely N-dealkylation sites (N-methyl/N-ethyl adjacent to an activating group) is 1. The van der Waals surface area contributed by atoms with Crippen molar-refractivity contribution in [3.8, 4) is 5.75 Å². The van der Waals surface area contributed by atoms with Crippen LogP contribution in [0.1, 0.15) is 11.5 Å². The minimum atomic E-state index is -0.910. The largest absolute Gasteiger partial charge is 0.497 e. The van der Waals surface area contributed by atoms with Crippen molar-refractivity contribution in [2.75, 3.05) is 20.7 Å². The highest BCUT2D eigenvalue weighted by molar-refractivity contribution is 5.85. The zero-order chi connectivity index (χ0) is 13.4. The molecular weight excluding hydrogens is 242 g/mol. The van der Waals surface area contributed by atoms with Crippen molar-refractivity contribution >= 4 is 5.91 Å². The van der Waals surface area contributed by atoms with Crippen LogP contribution in [0.25, 0.3) is 0 Å². The number of nitrogens with zero attached hydrogens (tertiary/aromatic N) is 1. The number of amides is 1. The van der Waals surface area contributed by atoms with E-state index in [1.807, 2.05) is 0 Å². The molecule has 98 valence electrons. The molecule has 1 saturated heterocycles. The van der Waals surface area contributed by atoms with Crippen LogP contribution in [0.3, 0.4) is 0 Å². The van der Waals surface area contributed by atoms with Crippen LogP contribution in [0, 0.1) is 11.6 Å². The summed E-state index contributed by atoms with van der Waals surface area (Å²) >= 11 is 0. The van der Waals surface area contributed by atoms with Crippen LogP contribution in [-0.2, 0) is 4.79 Å². The summed E-state index contributed by atoms with van der Waals surface area (Å²) in [4.78, 5) is 12.9. The third-order valence-corrected chi connectivity index (χ3v) is 3.22. The topological polar surface area (TPSA) is 55.6 Å². The van der Waals surface area contributed by atoms with Crippen molar-refractivity contribution in [3.63, 3.8) is 0 Å². The SMILES string of the molecule is COc1cc(F)c([C@@H]2CN(C)C(=O)[C@H]2N)c(F)c1. The second-order valence-electron chi connectivity index (χ2n) is 4.36. The standard InChI is InChI=1S/C12H14F2N2O2/c1-16-5-7(11(15)12(16)17)10-8(13)3-6(18-2)4-9(10)14/h3-4,7,11H,5,15H2,1-2H3/t7-,11-/m0/s1. The van der Waals surface area contributed by atoms with Crippen LogP contribution in [0.5, 0.6) is 5.75 Å². The second kappa shape index (κ2) is 4.53. The average Bonchev–Trinajstić information content (AvgIpc) is 2.56. The molecule has 0 spiro atoms. The van der Waals surface area contributed by atoms with Gasteiger partial charge in [0.2, 0.25) is 5.91 Å². The number of hydrogen-bond acceptors (Lipinski definition) is 3. The molecule has 2 N–H and O–H groups in total. The highest BCUT2D eigenvalue weighted by atomic mass is 19.1. The predicted octanol–water partition coefficient (Wildman–Crippen LogP) is 0.856. The summed E-state index contributed by atoms with van der Waals surface area (Å²) < 4.78 is 32.5. The van der Waals surface area contributed by atoms with Gasteiger partial charge in [0.1, 0.15) is 17.4 Å².